The molecule has 26 heavy (non-hydrogen) atoms. The third-order valence-corrected chi connectivity index (χ3v) is 4.85. The highest BCUT2D eigenvalue weighted by molar-refractivity contribution is 6.33. The molecule has 4 nitrogen and oxygen atoms in total. The van der Waals surface area contributed by atoms with Gasteiger partial charge in [-0.25, -0.2) is 4.39 Å². The number of benzene rings is 2. The van der Waals surface area contributed by atoms with Crippen molar-refractivity contribution >= 4 is 28.9 Å². The molecule has 0 aliphatic carbocycles. The monoisotopic (exact) mass is 378 g/mol. The summed E-state index contributed by atoms with van der Waals surface area (Å²) in [6.07, 6.45) is 0. The summed E-state index contributed by atoms with van der Waals surface area (Å²) in [5.74, 6) is -0.566. The van der Waals surface area contributed by atoms with Gasteiger partial charge in [0.1, 0.15) is 12.4 Å². The van der Waals surface area contributed by atoms with Gasteiger partial charge >= 0.3 is 0 Å². The van der Waals surface area contributed by atoms with Crippen LogP contribution in [0.3, 0.4) is 0 Å². The van der Waals surface area contributed by atoms with Crippen molar-refractivity contribution in [3.05, 3.63) is 58.9 Å². The Morgan fingerprint density at radius 1 is 1.23 bits per heavy atom. The van der Waals surface area contributed by atoms with Gasteiger partial charge in [-0.05, 0) is 44.2 Å². The number of hydrogen-bond acceptors (Lipinski definition) is 2. The van der Waals surface area contributed by atoms with Crippen LogP contribution >= 0.6 is 11.6 Å². The Kier molecular flexibility index (Phi) is 7.00. The van der Waals surface area contributed by atoms with E-state index in [9.17, 15) is 9.18 Å². The van der Waals surface area contributed by atoms with Crippen molar-refractivity contribution in [1.29, 1.82) is 0 Å². The molecule has 0 aromatic heterocycles. The minimum absolute atomic E-state index is 0.139. The summed E-state index contributed by atoms with van der Waals surface area (Å²) < 4.78 is 13.1. The Hall–Kier alpha value is -2.11. The molecule has 0 heterocycles. The van der Waals surface area contributed by atoms with Crippen molar-refractivity contribution in [2.45, 2.75) is 26.4 Å². The number of hydrogen-bond donors (Lipinski definition) is 2. The number of likely N-dealkylation sites (N-methyl/N-ethyl adjacent to an activating group) is 1. The van der Waals surface area contributed by atoms with E-state index >= 15 is 0 Å². The van der Waals surface area contributed by atoms with Crippen LogP contribution in [0, 0.1) is 5.82 Å². The molecule has 2 rings (SSSR count). The second kappa shape index (κ2) is 9.01. The lowest BCUT2D eigenvalue weighted by molar-refractivity contribution is -0.925. The first kappa shape index (κ1) is 20.2. The minimum atomic E-state index is -0.428. The fourth-order valence-electron chi connectivity index (χ4n) is 2.78. The van der Waals surface area contributed by atoms with E-state index in [1.165, 1.54) is 23.8 Å². The van der Waals surface area contributed by atoms with Crippen LogP contribution in [0.25, 0.3) is 0 Å². The molecule has 0 radical (unpaired) electrons. The minimum Gasteiger partial charge on any atom is -0.378 e. The summed E-state index contributed by atoms with van der Waals surface area (Å²) in [6.45, 7) is 5.50. The third-order valence-electron chi connectivity index (χ3n) is 4.53. The molecule has 0 bridgehead atoms. The molecule has 0 aliphatic rings. The van der Waals surface area contributed by atoms with Crippen molar-refractivity contribution in [3.63, 3.8) is 0 Å². The molecule has 2 N–H and O–H groups in total. The fraction of sp³-hybridized carbons (Fsp3) is 0.350. The molecule has 0 saturated carbocycles. The standard InChI is InChI=1S/C20H25ClFN3O/c1-5-25(13-15-6-9-17(10-7-15)24(3)4)14(2)20(26)23-19-11-8-16(22)12-18(19)21/h6-12,14H,5,13H2,1-4H3,(H,23,26)/p+1/t14-/m0/s1. The van der Waals surface area contributed by atoms with Gasteiger partial charge in [-0.3, -0.25) is 4.79 Å². The van der Waals surface area contributed by atoms with Gasteiger partial charge in [-0.1, -0.05) is 23.7 Å². The lowest BCUT2D eigenvalue weighted by Crippen LogP contribution is -3.15. The second-order valence-corrected chi connectivity index (χ2v) is 6.99. The first-order valence-corrected chi connectivity index (χ1v) is 9.06. The summed E-state index contributed by atoms with van der Waals surface area (Å²) in [5, 5.41) is 2.99. The SMILES string of the molecule is CC[NH+](Cc1ccc(N(C)C)cc1)[C@@H](C)C(=O)Nc1ccc(F)cc1Cl. The van der Waals surface area contributed by atoms with E-state index in [4.69, 9.17) is 11.6 Å². The van der Waals surface area contributed by atoms with Crippen LogP contribution in [0.5, 0.6) is 0 Å². The molecule has 1 unspecified atom stereocenters. The molecule has 140 valence electrons. The predicted octanol–water partition coefficient (Wildman–Crippen LogP) is 2.98. The topological polar surface area (TPSA) is 36.8 Å². The van der Waals surface area contributed by atoms with Gasteiger partial charge in [0.25, 0.3) is 5.91 Å². The van der Waals surface area contributed by atoms with Crippen LogP contribution in [0.15, 0.2) is 42.5 Å². The highest BCUT2D eigenvalue weighted by atomic mass is 35.5. The van der Waals surface area contributed by atoms with Crippen LogP contribution in [0.4, 0.5) is 15.8 Å². The smallest absolute Gasteiger partial charge is 0.282 e. The third kappa shape index (κ3) is 5.19. The lowest BCUT2D eigenvalue weighted by Gasteiger charge is -2.24. The van der Waals surface area contributed by atoms with Crippen LogP contribution in [0.2, 0.25) is 5.02 Å². The average Bonchev–Trinajstić information content (AvgIpc) is 2.61. The van der Waals surface area contributed by atoms with E-state index < -0.39 is 5.82 Å². The number of anilines is 2. The summed E-state index contributed by atoms with van der Waals surface area (Å²) >= 11 is 6.00. The normalized spacial score (nSPS) is 13.2. The van der Waals surface area contributed by atoms with Gasteiger partial charge in [-0.2, -0.15) is 0 Å². The van der Waals surface area contributed by atoms with E-state index in [1.807, 2.05) is 21.0 Å². The molecule has 0 aliphatic heterocycles. The Labute approximate surface area is 159 Å². The van der Waals surface area contributed by atoms with Crippen LogP contribution < -0.4 is 15.1 Å². The number of halogens is 2. The van der Waals surface area contributed by atoms with Gasteiger partial charge in [0, 0.05) is 25.3 Å². The molecular formula is C20H26ClFN3O+. The number of nitrogens with zero attached hydrogens (tertiary/aromatic N) is 1. The zero-order chi connectivity index (χ0) is 19.3. The number of quaternary nitrogens is 1. The molecule has 6 heteroatoms. The van der Waals surface area contributed by atoms with Crippen LogP contribution in [0.1, 0.15) is 19.4 Å². The Bertz CT molecular complexity index is 749. The number of nitrogens with one attached hydrogen (secondary N) is 2. The maximum Gasteiger partial charge on any atom is 0.282 e. The van der Waals surface area contributed by atoms with Crippen LogP contribution in [-0.4, -0.2) is 32.6 Å². The first-order chi connectivity index (χ1) is 12.3. The molecule has 2 atom stereocenters. The van der Waals surface area contributed by atoms with Crippen molar-refractivity contribution < 1.29 is 14.1 Å². The summed E-state index contributed by atoms with van der Waals surface area (Å²) in [5.41, 5.74) is 2.74. The van der Waals surface area contributed by atoms with Gasteiger partial charge in [0.2, 0.25) is 0 Å². The second-order valence-electron chi connectivity index (χ2n) is 6.58. The summed E-state index contributed by atoms with van der Waals surface area (Å²) in [4.78, 5) is 15.8. The average molecular weight is 379 g/mol. The molecule has 0 saturated heterocycles. The van der Waals surface area contributed by atoms with Gasteiger partial charge in [0.05, 0.1) is 17.3 Å². The molecule has 0 spiro atoms. The van der Waals surface area contributed by atoms with Crippen LogP contribution in [-0.2, 0) is 11.3 Å². The van der Waals surface area contributed by atoms with Gasteiger partial charge in [0.15, 0.2) is 6.04 Å². The molecule has 2 aromatic rings. The van der Waals surface area contributed by atoms with Gasteiger partial charge < -0.3 is 15.1 Å². The van der Waals surface area contributed by atoms with E-state index in [2.05, 4.69) is 41.4 Å². The highest BCUT2D eigenvalue weighted by Crippen LogP contribution is 2.22. The predicted molar refractivity (Wildman–Crippen MR) is 105 cm³/mol. The zero-order valence-electron chi connectivity index (χ0n) is 15.6. The summed E-state index contributed by atoms with van der Waals surface area (Å²) in [7, 11) is 4.01. The molecule has 2 aromatic carbocycles. The Morgan fingerprint density at radius 2 is 1.88 bits per heavy atom. The van der Waals surface area contributed by atoms with Crippen molar-refractivity contribution in [3.8, 4) is 0 Å². The first-order valence-electron chi connectivity index (χ1n) is 8.68. The number of carbonyl (C=O) groups is 1. The Morgan fingerprint density at radius 3 is 2.42 bits per heavy atom. The quantitative estimate of drug-likeness (QED) is 0.777. The van der Waals surface area contributed by atoms with E-state index in [0.29, 0.717) is 5.69 Å². The van der Waals surface area contributed by atoms with Gasteiger partial charge in [-0.15, -0.1) is 0 Å². The van der Waals surface area contributed by atoms with Crippen molar-refractivity contribution in [2.24, 2.45) is 0 Å². The maximum atomic E-state index is 13.1. The van der Waals surface area contributed by atoms with E-state index in [0.717, 1.165) is 23.7 Å². The zero-order valence-corrected chi connectivity index (χ0v) is 16.4. The molecular weight excluding hydrogens is 353 g/mol. The van der Waals surface area contributed by atoms with E-state index in [1.54, 1.807) is 0 Å². The number of rotatable bonds is 7. The lowest BCUT2D eigenvalue weighted by atomic mass is 10.1. The van der Waals surface area contributed by atoms with E-state index in [-0.39, 0.29) is 17.0 Å². The fourth-order valence-corrected chi connectivity index (χ4v) is 2.99. The maximum absolute atomic E-state index is 13.1. The highest BCUT2D eigenvalue weighted by Gasteiger charge is 2.24. The largest absolute Gasteiger partial charge is 0.378 e. The molecule has 0 fully saturated rings. The number of carbonyl (C=O) groups excluding carboxylic acids is 1. The summed E-state index contributed by atoms with van der Waals surface area (Å²) in [6, 6.07) is 12.0. The Balaban J connectivity index is 2.04. The number of amides is 1. The van der Waals surface area contributed by atoms with Crippen molar-refractivity contribution in [2.75, 3.05) is 30.9 Å². The molecule has 1 amide bonds. The van der Waals surface area contributed by atoms with Crippen molar-refractivity contribution in [1.82, 2.24) is 0 Å².